The van der Waals surface area contributed by atoms with Crippen LogP contribution in [0.5, 0.6) is 0 Å². The van der Waals surface area contributed by atoms with Crippen LogP contribution in [0, 0.1) is 17.3 Å². The van der Waals surface area contributed by atoms with Crippen LogP contribution in [0.2, 0.25) is 0 Å². The van der Waals surface area contributed by atoms with Crippen LogP contribution in [0.4, 0.5) is 5.95 Å². The Bertz CT molecular complexity index is 1140. The SMILES string of the molecule is COC(=O)[C@@H](Nc1nc2ccc(C(=O)N(CCC(C)C)CCC(C)C)cc2n1CCCN1CCCCCC1)C(C)(C)C.[HH]. The standard InChI is InChI=1S/C34H57N5O3.H2/c1-25(2)16-22-38(23-17-26(3)4)31(40)27-14-15-28-29(24-27)39(21-13-20-37-18-11-9-10-12-19-37)33(35-28)36-30(32(41)42-8)34(5,6)7;/h14-15,24-26,30H,9-13,16-23H2,1-8H3,(H,35,36);1H/t30-;/m1./s1. The Labute approximate surface area is 256 Å². The Balaban J connectivity index is 0.00000645. The molecule has 0 saturated carbocycles. The highest BCUT2D eigenvalue weighted by Gasteiger charge is 2.33. The van der Waals surface area contributed by atoms with Crippen LogP contribution in [0.15, 0.2) is 18.2 Å². The number of imidazole rings is 1. The van der Waals surface area contributed by atoms with E-state index < -0.39 is 6.04 Å². The molecule has 1 N–H and O–H groups in total. The summed E-state index contributed by atoms with van der Waals surface area (Å²) in [7, 11) is 1.43. The molecule has 2 aromatic rings. The van der Waals surface area contributed by atoms with Crippen LogP contribution in [0.25, 0.3) is 11.0 Å². The number of likely N-dealkylation sites (tertiary alicyclic amines) is 1. The highest BCUT2D eigenvalue weighted by Crippen LogP contribution is 2.28. The number of carbonyl (C=O) groups excluding carboxylic acids is 2. The molecule has 1 aliphatic heterocycles. The molecule has 0 radical (unpaired) electrons. The second-order valence-electron chi connectivity index (χ2n) is 14.0. The molecule has 238 valence electrons. The number of benzene rings is 1. The number of nitrogens with zero attached hydrogens (tertiary/aromatic N) is 4. The third-order valence-electron chi connectivity index (χ3n) is 8.37. The molecule has 0 bridgehead atoms. The van der Waals surface area contributed by atoms with Crippen LogP contribution in [-0.4, -0.2) is 77.1 Å². The van der Waals surface area contributed by atoms with Gasteiger partial charge in [-0.3, -0.25) is 4.79 Å². The van der Waals surface area contributed by atoms with E-state index in [9.17, 15) is 9.59 Å². The van der Waals surface area contributed by atoms with Gasteiger partial charge < -0.3 is 24.4 Å². The molecule has 8 nitrogen and oxygen atoms in total. The van der Waals surface area contributed by atoms with Crippen molar-refractivity contribution in [3.05, 3.63) is 23.8 Å². The number of aryl methyl sites for hydroxylation is 1. The zero-order valence-corrected chi connectivity index (χ0v) is 27.7. The molecular formula is C34H59N5O3. The van der Waals surface area contributed by atoms with Crippen molar-refractivity contribution in [2.75, 3.05) is 45.2 Å². The molecular weight excluding hydrogens is 526 g/mol. The number of aromatic nitrogens is 2. The summed E-state index contributed by atoms with van der Waals surface area (Å²) in [5, 5.41) is 3.43. The second-order valence-corrected chi connectivity index (χ2v) is 14.0. The monoisotopic (exact) mass is 585 g/mol. The maximum atomic E-state index is 13.8. The highest BCUT2D eigenvalue weighted by atomic mass is 16.5. The molecule has 0 unspecified atom stereocenters. The Hall–Kier alpha value is -2.61. The molecule has 1 aromatic carbocycles. The summed E-state index contributed by atoms with van der Waals surface area (Å²) in [5.74, 6) is 1.48. The number of methoxy groups -OCH3 is 1. The third kappa shape index (κ3) is 9.72. The fourth-order valence-electron chi connectivity index (χ4n) is 5.61. The van der Waals surface area contributed by atoms with Crippen LogP contribution in [0.1, 0.15) is 105 Å². The predicted octanol–water partition coefficient (Wildman–Crippen LogP) is 7.08. The van der Waals surface area contributed by atoms with Gasteiger partial charge in [-0.15, -0.1) is 0 Å². The van der Waals surface area contributed by atoms with Gasteiger partial charge in [0.05, 0.1) is 18.1 Å². The van der Waals surface area contributed by atoms with Crippen molar-refractivity contribution in [1.82, 2.24) is 19.4 Å². The first kappa shape index (κ1) is 33.9. The van der Waals surface area contributed by atoms with Crippen LogP contribution >= 0.6 is 0 Å². The lowest BCUT2D eigenvalue weighted by Crippen LogP contribution is -2.42. The number of nitrogens with one attached hydrogen (secondary N) is 1. The van der Waals surface area contributed by atoms with Gasteiger partial charge in [0.2, 0.25) is 5.95 Å². The summed E-state index contributed by atoms with van der Waals surface area (Å²) in [6, 6.07) is 5.30. The van der Waals surface area contributed by atoms with Crippen molar-refractivity contribution < 1.29 is 15.8 Å². The number of hydrogen-bond acceptors (Lipinski definition) is 6. The minimum absolute atomic E-state index is 0. The van der Waals surface area contributed by atoms with Gasteiger partial charge in [-0.25, -0.2) is 9.78 Å². The van der Waals surface area contributed by atoms with Gasteiger partial charge in [-0.1, -0.05) is 61.3 Å². The van der Waals surface area contributed by atoms with E-state index in [2.05, 4.69) is 42.5 Å². The summed E-state index contributed by atoms with van der Waals surface area (Å²) in [4.78, 5) is 36.2. The fraction of sp³-hybridized carbons (Fsp3) is 0.735. The lowest BCUT2D eigenvalue weighted by molar-refractivity contribution is -0.143. The molecule has 1 fully saturated rings. The lowest BCUT2D eigenvalue weighted by Gasteiger charge is -2.29. The lowest BCUT2D eigenvalue weighted by atomic mass is 9.87. The van der Waals surface area contributed by atoms with E-state index in [1.807, 2.05) is 43.9 Å². The van der Waals surface area contributed by atoms with Crippen LogP contribution in [-0.2, 0) is 16.1 Å². The Morgan fingerprint density at radius 1 is 1.00 bits per heavy atom. The zero-order chi connectivity index (χ0) is 30.9. The van der Waals surface area contributed by atoms with Crippen molar-refractivity contribution >= 4 is 28.9 Å². The van der Waals surface area contributed by atoms with Crippen molar-refractivity contribution in [2.45, 2.75) is 106 Å². The third-order valence-corrected chi connectivity index (χ3v) is 8.37. The van der Waals surface area contributed by atoms with Gasteiger partial charge in [0, 0.05) is 26.6 Å². The number of rotatable bonds is 14. The molecule has 0 spiro atoms. The number of carbonyl (C=O) groups is 2. The van der Waals surface area contributed by atoms with E-state index in [-0.39, 0.29) is 18.7 Å². The predicted molar refractivity (Wildman–Crippen MR) is 175 cm³/mol. The second kappa shape index (κ2) is 15.7. The average Bonchev–Trinajstić information content (AvgIpc) is 3.07. The van der Waals surface area contributed by atoms with Crippen molar-refractivity contribution in [3.8, 4) is 0 Å². The van der Waals surface area contributed by atoms with Gasteiger partial charge in [0.25, 0.3) is 5.91 Å². The van der Waals surface area contributed by atoms with Gasteiger partial charge in [0.15, 0.2) is 0 Å². The Morgan fingerprint density at radius 3 is 2.17 bits per heavy atom. The molecule has 1 atom stereocenters. The van der Waals surface area contributed by atoms with E-state index >= 15 is 0 Å². The first-order valence-corrected chi connectivity index (χ1v) is 16.3. The molecule has 8 heteroatoms. The van der Waals surface area contributed by atoms with Crippen LogP contribution in [0.3, 0.4) is 0 Å². The number of ether oxygens (including phenoxy) is 1. The summed E-state index contributed by atoms with van der Waals surface area (Å²) in [6.45, 7) is 20.5. The molecule has 3 rings (SSSR count). The maximum Gasteiger partial charge on any atom is 0.328 e. The van der Waals surface area contributed by atoms with Gasteiger partial charge in [-0.05, 0) is 87.2 Å². The number of hydrogen-bond donors (Lipinski definition) is 1. The molecule has 1 aliphatic rings. The number of fused-ring (bicyclic) bond motifs is 1. The summed E-state index contributed by atoms with van der Waals surface area (Å²) in [5.41, 5.74) is 2.05. The molecule has 0 aliphatic carbocycles. The largest absolute Gasteiger partial charge is 0.467 e. The molecule has 42 heavy (non-hydrogen) atoms. The normalized spacial score (nSPS) is 15.7. The first-order chi connectivity index (χ1) is 19.9. The fourth-order valence-corrected chi connectivity index (χ4v) is 5.61. The average molecular weight is 586 g/mol. The van der Waals surface area contributed by atoms with Crippen molar-refractivity contribution in [3.63, 3.8) is 0 Å². The van der Waals surface area contributed by atoms with Crippen molar-refractivity contribution in [1.29, 1.82) is 0 Å². The van der Waals surface area contributed by atoms with Crippen molar-refractivity contribution in [2.24, 2.45) is 17.3 Å². The topological polar surface area (TPSA) is 79.7 Å². The smallest absolute Gasteiger partial charge is 0.328 e. The molecule has 1 amide bonds. The minimum atomic E-state index is -0.563. The summed E-state index contributed by atoms with van der Waals surface area (Å²) in [6.07, 6.45) is 8.10. The van der Waals surface area contributed by atoms with Gasteiger partial charge in [-0.2, -0.15) is 0 Å². The maximum absolute atomic E-state index is 13.8. The molecule has 1 saturated heterocycles. The first-order valence-electron chi connectivity index (χ1n) is 16.3. The summed E-state index contributed by atoms with van der Waals surface area (Å²) < 4.78 is 7.32. The van der Waals surface area contributed by atoms with E-state index in [4.69, 9.17) is 9.72 Å². The quantitative estimate of drug-likeness (QED) is 0.239. The van der Waals surface area contributed by atoms with Gasteiger partial charge in [0.1, 0.15) is 6.04 Å². The number of amides is 1. The Morgan fingerprint density at radius 2 is 1.62 bits per heavy atom. The molecule has 1 aromatic heterocycles. The van der Waals surface area contributed by atoms with Crippen LogP contribution < -0.4 is 5.32 Å². The van der Waals surface area contributed by atoms with Gasteiger partial charge >= 0.3 is 5.97 Å². The zero-order valence-electron chi connectivity index (χ0n) is 27.7. The molecule has 2 heterocycles. The van der Waals surface area contributed by atoms with E-state index in [1.165, 1.54) is 32.8 Å². The number of esters is 1. The van der Waals surface area contributed by atoms with E-state index in [1.54, 1.807) is 0 Å². The van der Waals surface area contributed by atoms with E-state index in [0.29, 0.717) is 23.3 Å². The summed E-state index contributed by atoms with van der Waals surface area (Å²) >= 11 is 0. The number of anilines is 1. The highest BCUT2D eigenvalue weighted by molar-refractivity contribution is 5.98. The minimum Gasteiger partial charge on any atom is -0.467 e. The Kier molecular flexibility index (Phi) is 12.7. The van der Waals surface area contributed by atoms with E-state index in [0.717, 1.165) is 69.6 Å².